The van der Waals surface area contributed by atoms with Crippen LogP contribution in [0, 0.1) is 0 Å². The molecule has 0 aromatic heterocycles. The maximum atomic E-state index is 12.0. The van der Waals surface area contributed by atoms with Gasteiger partial charge in [0.25, 0.3) is 0 Å². The monoisotopic (exact) mass is 241 g/mol. The second kappa shape index (κ2) is 5.83. The molecule has 1 amide bonds. The van der Waals surface area contributed by atoms with Crippen molar-refractivity contribution in [2.75, 3.05) is 26.2 Å². The van der Waals surface area contributed by atoms with Crippen molar-refractivity contribution < 1.29 is 4.79 Å². The second-order valence-corrected chi connectivity index (χ2v) is 5.84. The Balaban J connectivity index is 2.39. The number of carbonyl (C=O) groups is 1. The van der Waals surface area contributed by atoms with Crippen LogP contribution in [-0.4, -0.2) is 53.5 Å². The number of amides is 1. The Morgan fingerprint density at radius 3 is 2.24 bits per heavy atom. The Kier molecular flexibility index (Phi) is 4.95. The van der Waals surface area contributed by atoms with Crippen LogP contribution < -0.4 is 5.73 Å². The summed E-state index contributed by atoms with van der Waals surface area (Å²) in [6, 6.07) is 0.623. The van der Waals surface area contributed by atoms with Crippen LogP contribution in [0.2, 0.25) is 0 Å². The van der Waals surface area contributed by atoms with E-state index in [2.05, 4.69) is 18.7 Å². The molecule has 2 N–H and O–H groups in total. The molecule has 4 heteroatoms. The lowest BCUT2D eigenvalue weighted by atomic mass is 10.0. The molecular weight excluding hydrogens is 214 g/mol. The van der Waals surface area contributed by atoms with Crippen LogP contribution in [0.15, 0.2) is 0 Å². The Hall–Kier alpha value is -0.610. The average Bonchev–Trinajstić information content (AvgIpc) is 2.26. The largest absolute Gasteiger partial charge is 0.340 e. The van der Waals surface area contributed by atoms with Crippen LogP contribution >= 0.6 is 0 Å². The predicted octanol–water partition coefficient (Wildman–Crippen LogP) is 1.06. The first-order valence-corrected chi connectivity index (χ1v) is 6.64. The van der Waals surface area contributed by atoms with Gasteiger partial charge >= 0.3 is 0 Å². The highest BCUT2D eigenvalue weighted by Crippen LogP contribution is 2.12. The van der Waals surface area contributed by atoms with E-state index in [1.165, 1.54) is 6.42 Å². The minimum atomic E-state index is -0.398. The van der Waals surface area contributed by atoms with Crippen molar-refractivity contribution in [1.29, 1.82) is 0 Å². The third-order valence-corrected chi connectivity index (χ3v) is 3.49. The van der Waals surface area contributed by atoms with Gasteiger partial charge in [-0.1, -0.05) is 6.92 Å². The van der Waals surface area contributed by atoms with E-state index in [-0.39, 0.29) is 5.91 Å². The summed E-state index contributed by atoms with van der Waals surface area (Å²) in [5, 5.41) is 0. The molecule has 0 aromatic carbocycles. The first kappa shape index (κ1) is 14.5. The highest BCUT2D eigenvalue weighted by Gasteiger charge is 2.26. The summed E-state index contributed by atoms with van der Waals surface area (Å²) in [5.41, 5.74) is 5.48. The van der Waals surface area contributed by atoms with E-state index >= 15 is 0 Å². The summed E-state index contributed by atoms with van der Waals surface area (Å²) < 4.78 is 0. The topological polar surface area (TPSA) is 49.6 Å². The third-order valence-electron chi connectivity index (χ3n) is 3.49. The van der Waals surface area contributed by atoms with Gasteiger partial charge in [0.1, 0.15) is 0 Å². The van der Waals surface area contributed by atoms with Crippen LogP contribution in [0.25, 0.3) is 0 Å². The van der Waals surface area contributed by atoms with Gasteiger partial charge < -0.3 is 10.6 Å². The molecule has 1 aliphatic heterocycles. The van der Waals surface area contributed by atoms with Crippen LogP contribution in [0.3, 0.4) is 0 Å². The van der Waals surface area contributed by atoms with Gasteiger partial charge in [0.05, 0.1) is 0 Å². The molecule has 4 nitrogen and oxygen atoms in total. The van der Waals surface area contributed by atoms with Gasteiger partial charge in [-0.05, 0) is 27.2 Å². The van der Waals surface area contributed by atoms with Crippen molar-refractivity contribution in [2.45, 2.75) is 52.1 Å². The van der Waals surface area contributed by atoms with Crippen molar-refractivity contribution >= 4 is 5.91 Å². The fraction of sp³-hybridized carbons (Fsp3) is 0.923. The zero-order chi connectivity index (χ0) is 13.1. The zero-order valence-corrected chi connectivity index (χ0v) is 11.7. The van der Waals surface area contributed by atoms with Crippen LogP contribution in [0.4, 0.5) is 0 Å². The predicted molar refractivity (Wildman–Crippen MR) is 70.8 cm³/mol. The Morgan fingerprint density at radius 1 is 1.29 bits per heavy atom. The molecule has 1 rings (SSSR count). The lowest BCUT2D eigenvalue weighted by Crippen LogP contribution is -2.52. The van der Waals surface area contributed by atoms with Crippen molar-refractivity contribution in [2.24, 2.45) is 5.73 Å². The van der Waals surface area contributed by atoms with Crippen molar-refractivity contribution in [3.63, 3.8) is 0 Å². The maximum Gasteiger partial charge on any atom is 0.224 e. The van der Waals surface area contributed by atoms with E-state index in [1.807, 2.05) is 18.7 Å². The molecule has 0 bridgehead atoms. The molecule has 17 heavy (non-hydrogen) atoms. The quantitative estimate of drug-likeness (QED) is 0.800. The van der Waals surface area contributed by atoms with Crippen molar-refractivity contribution in [1.82, 2.24) is 9.80 Å². The molecule has 0 aliphatic carbocycles. The molecule has 1 saturated heterocycles. The third kappa shape index (κ3) is 4.64. The molecule has 0 radical (unpaired) electrons. The van der Waals surface area contributed by atoms with Crippen molar-refractivity contribution in [3.05, 3.63) is 0 Å². The van der Waals surface area contributed by atoms with Crippen LogP contribution in [-0.2, 0) is 4.79 Å². The lowest BCUT2D eigenvalue weighted by Gasteiger charge is -2.38. The highest BCUT2D eigenvalue weighted by molar-refractivity contribution is 5.77. The van der Waals surface area contributed by atoms with Crippen LogP contribution in [0.1, 0.15) is 40.5 Å². The van der Waals surface area contributed by atoms with E-state index < -0.39 is 5.54 Å². The number of nitrogens with two attached hydrogens (primary N) is 1. The highest BCUT2D eigenvalue weighted by atomic mass is 16.2. The van der Waals surface area contributed by atoms with E-state index in [9.17, 15) is 4.79 Å². The molecule has 0 aromatic rings. The molecule has 1 fully saturated rings. The standard InChI is InChI=1S/C13H27N3O/c1-5-11(2)15-6-8-16(9-7-15)12(17)10-13(3,4)14/h11H,5-10,14H2,1-4H3. The van der Waals surface area contributed by atoms with E-state index in [0.29, 0.717) is 12.5 Å². The minimum absolute atomic E-state index is 0.196. The summed E-state index contributed by atoms with van der Waals surface area (Å²) in [6.45, 7) is 11.9. The molecule has 1 heterocycles. The van der Waals surface area contributed by atoms with Gasteiger partial charge in [0.2, 0.25) is 5.91 Å². The Morgan fingerprint density at radius 2 is 1.82 bits per heavy atom. The summed E-state index contributed by atoms with van der Waals surface area (Å²) in [7, 11) is 0. The molecule has 1 unspecified atom stereocenters. The van der Waals surface area contributed by atoms with Gasteiger partial charge in [0, 0.05) is 44.2 Å². The first-order chi connectivity index (χ1) is 7.83. The Bertz CT molecular complexity index is 252. The maximum absolute atomic E-state index is 12.0. The number of hydrogen-bond acceptors (Lipinski definition) is 3. The molecule has 0 spiro atoms. The lowest BCUT2D eigenvalue weighted by molar-refractivity contribution is -0.134. The van der Waals surface area contributed by atoms with Crippen molar-refractivity contribution in [3.8, 4) is 0 Å². The summed E-state index contributed by atoms with van der Waals surface area (Å²) >= 11 is 0. The number of hydrogen-bond donors (Lipinski definition) is 1. The van der Waals surface area contributed by atoms with Gasteiger partial charge in [-0.25, -0.2) is 0 Å². The molecule has 0 saturated carbocycles. The smallest absolute Gasteiger partial charge is 0.224 e. The van der Waals surface area contributed by atoms with E-state index in [1.54, 1.807) is 0 Å². The SMILES string of the molecule is CCC(C)N1CCN(C(=O)CC(C)(C)N)CC1. The number of piperazine rings is 1. The second-order valence-electron chi connectivity index (χ2n) is 5.84. The average molecular weight is 241 g/mol. The number of rotatable bonds is 4. The summed E-state index contributed by atoms with van der Waals surface area (Å²) in [5.74, 6) is 0.196. The van der Waals surface area contributed by atoms with Gasteiger partial charge in [-0.15, -0.1) is 0 Å². The van der Waals surface area contributed by atoms with E-state index in [4.69, 9.17) is 5.73 Å². The zero-order valence-electron chi connectivity index (χ0n) is 11.7. The summed E-state index contributed by atoms with van der Waals surface area (Å²) in [6.07, 6.45) is 1.61. The van der Waals surface area contributed by atoms with Gasteiger partial charge in [0.15, 0.2) is 0 Å². The summed E-state index contributed by atoms with van der Waals surface area (Å²) in [4.78, 5) is 16.4. The fourth-order valence-corrected chi connectivity index (χ4v) is 2.17. The molecule has 1 atom stereocenters. The normalized spacial score (nSPS) is 20.4. The number of nitrogens with zero attached hydrogens (tertiary/aromatic N) is 2. The fourth-order valence-electron chi connectivity index (χ4n) is 2.17. The van der Waals surface area contributed by atoms with Crippen LogP contribution in [0.5, 0.6) is 0 Å². The number of carbonyl (C=O) groups excluding carboxylic acids is 1. The molecule has 1 aliphatic rings. The minimum Gasteiger partial charge on any atom is -0.340 e. The first-order valence-electron chi connectivity index (χ1n) is 6.64. The molecule has 100 valence electrons. The van der Waals surface area contributed by atoms with E-state index in [0.717, 1.165) is 26.2 Å². The van der Waals surface area contributed by atoms with Gasteiger partial charge in [-0.2, -0.15) is 0 Å². The van der Waals surface area contributed by atoms with Gasteiger partial charge in [-0.3, -0.25) is 9.69 Å². The Labute approximate surface area is 105 Å². The molecular formula is C13H27N3O.